The Hall–Kier alpha value is -2.53. The van der Waals surface area contributed by atoms with E-state index in [1.165, 1.54) is 0 Å². The van der Waals surface area contributed by atoms with E-state index in [-0.39, 0.29) is 16.5 Å². The molecule has 6 heteroatoms. The normalized spacial score (nSPS) is 15.3. The quantitative estimate of drug-likeness (QED) is 0.843. The fourth-order valence-electron chi connectivity index (χ4n) is 3.20. The smallest absolute Gasteiger partial charge is 0.250 e. The molecular formula is C20H22ClN3O2. The molecule has 2 aromatic carbocycles. The van der Waals surface area contributed by atoms with Crippen molar-refractivity contribution in [2.75, 3.05) is 18.4 Å². The standard InChI is InChI=1S/C20H22ClN3O2/c21-17-13-15(9-10-16(17)19(22)25)23-18(14-7-3-1-4-8-14)20(26)24-11-5-2-6-12-24/h1,3-4,7-10,13,18,23H,2,5-6,11-12H2,(H2,22,25). The van der Waals surface area contributed by atoms with Crippen LogP contribution in [0.4, 0.5) is 5.69 Å². The van der Waals surface area contributed by atoms with Crippen molar-refractivity contribution in [1.82, 2.24) is 4.90 Å². The Morgan fingerprint density at radius 2 is 1.73 bits per heavy atom. The van der Waals surface area contributed by atoms with E-state index in [9.17, 15) is 9.59 Å². The van der Waals surface area contributed by atoms with Crippen molar-refractivity contribution >= 4 is 29.1 Å². The van der Waals surface area contributed by atoms with E-state index in [4.69, 9.17) is 17.3 Å². The number of hydrogen-bond acceptors (Lipinski definition) is 3. The highest BCUT2D eigenvalue weighted by atomic mass is 35.5. The lowest BCUT2D eigenvalue weighted by Crippen LogP contribution is -2.41. The van der Waals surface area contributed by atoms with Crippen LogP contribution in [-0.2, 0) is 4.79 Å². The zero-order chi connectivity index (χ0) is 18.5. The number of carbonyl (C=O) groups is 2. The maximum Gasteiger partial charge on any atom is 0.250 e. The molecule has 2 aromatic rings. The monoisotopic (exact) mass is 371 g/mol. The molecule has 0 bridgehead atoms. The Balaban J connectivity index is 1.87. The number of nitrogens with two attached hydrogens (primary N) is 1. The maximum absolute atomic E-state index is 13.1. The van der Waals surface area contributed by atoms with Crippen LogP contribution >= 0.6 is 11.6 Å². The van der Waals surface area contributed by atoms with Gasteiger partial charge in [0.25, 0.3) is 0 Å². The van der Waals surface area contributed by atoms with Gasteiger partial charge >= 0.3 is 0 Å². The molecule has 0 saturated carbocycles. The van der Waals surface area contributed by atoms with Gasteiger partial charge in [-0.05, 0) is 43.0 Å². The van der Waals surface area contributed by atoms with E-state index in [2.05, 4.69) is 5.32 Å². The maximum atomic E-state index is 13.1. The highest BCUT2D eigenvalue weighted by Gasteiger charge is 2.27. The number of nitrogens with one attached hydrogen (secondary N) is 1. The summed E-state index contributed by atoms with van der Waals surface area (Å²) in [6.45, 7) is 1.57. The summed E-state index contributed by atoms with van der Waals surface area (Å²) in [5, 5.41) is 3.54. The summed E-state index contributed by atoms with van der Waals surface area (Å²) < 4.78 is 0. The molecule has 3 N–H and O–H groups in total. The summed E-state index contributed by atoms with van der Waals surface area (Å²) in [5.41, 5.74) is 7.11. The molecule has 2 amide bonds. The first-order valence-electron chi connectivity index (χ1n) is 8.76. The predicted octanol–water partition coefficient (Wildman–Crippen LogP) is 3.60. The van der Waals surface area contributed by atoms with Gasteiger partial charge in [-0.2, -0.15) is 0 Å². The van der Waals surface area contributed by atoms with E-state index in [1.54, 1.807) is 18.2 Å². The van der Waals surface area contributed by atoms with Gasteiger partial charge in [0.15, 0.2) is 0 Å². The SMILES string of the molecule is NC(=O)c1ccc(NC(C(=O)N2CCCCC2)c2ccccc2)cc1Cl. The van der Waals surface area contributed by atoms with Crippen molar-refractivity contribution < 1.29 is 9.59 Å². The molecule has 136 valence electrons. The molecule has 1 aliphatic heterocycles. The number of rotatable bonds is 5. The molecule has 1 heterocycles. The van der Waals surface area contributed by atoms with Crippen molar-refractivity contribution in [3.05, 3.63) is 64.7 Å². The molecule has 0 spiro atoms. The third kappa shape index (κ3) is 4.17. The highest BCUT2D eigenvalue weighted by Crippen LogP contribution is 2.27. The Kier molecular flexibility index (Phi) is 5.78. The third-order valence-corrected chi connectivity index (χ3v) is 4.91. The van der Waals surface area contributed by atoms with Crippen LogP contribution in [0.1, 0.15) is 41.2 Å². The van der Waals surface area contributed by atoms with Crippen molar-refractivity contribution in [2.45, 2.75) is 25.3 Å². The lowest BCUT2D eigenvalue weighted by Gasteiger charge is -2.31. The van der Waals surface area contributed by atoms with Crippen molar-refractivity contribution in [3.8, 4) is 0 Å². The predicted molar refractivity (Wildman–Crippen MR) is 103 cm³/mol. The number of primary amides is 1. The summed E-state index contributed by atoms with van der Waals surface area (Å²) in [6, 6.07) is 14.0. The summed E-state index contributed by atoms with van der Waals surface area (Å²) in [5.74, 6) is -0.531. The summed E-state index contributed by atoms with van der Waals surface area (Å²) in [7, 11) is 0. The number of hydrogen-bond donors (Lipinski definition) is 2. The molecule has 1 aliphatic rings. The van der Waals surface area contributed by atoms with E-state index in [0.29, 0.717) is 5.69 Å². The average Bonchev–Trinajstić information content (AvgIpc) is 2.67. The van der Waals surface area contributed by atoms with E-state index >= 15 is 0 Å². The molecule has 0 aromatic heterocycles. The minimum Gasteiger partial charge on any atom is -0.370 e. The first kappa shape index (κ1) is 18.3. The number of nitrogens with zero attached hydrogens (tertiary/aromatic N) is 1. The Labute approximate surface area is 158 Å². The lowest BCUT2D eigenvalue weighted by atomic mass is 10.0. The highest BCUT2D eigenvalue weighted by molar-refractivity contribution is 6.34. The second-order valence-corrected chi connectivity index (χ2v) is 6.84. The minimum atomic E-state index is -0.578. The second kappa shape index (κ2) is 8.23. The first-order chi connectivity index (χ1) is 12.6. The topological polar surface area (TPSA) is 75.4 Å². The van der Waals surface area contributed by atoms with E-state index in [0.717, 1.165) is 37.9 Å². The first-order valence-corrected chi connectivity index (χ1v) is 9.13. The number of likely N-dealkylation sites (tertiary alicyclic amines) is 1. The van der Waals surface area contributed by atoms with Gasteiger partial charge in [-0.15, -0.1) is 0 Å². The van der Waals surface area contributed by atoms with Crippen LogP contribution in [0.25, 0.3) is 0 Å². The molecular weight excluding hydrogens is 350 g/mol. The van der Waals surface area contributed by atoms with Gasteiger partial charge in [0.2, 0.25) is 11.8 Å². The zero-order valence-corrected chi connectivity index (χ0v) is 15.2. The van der Waals surface area contributed by atoms with Crippen molar-refractivity contribution in [1.29, 1.82) is 0 Å². The molecule has 0 aliphatic carbocycles. The van der Waals surface area contributed by atoms with Gasteiger partial charge in [-0.3, -0.25) is 9.59 Å². The lowest BCUT2D eigenvalue weighted by molar-refractivity contribution is -0.133. The largest absolute Gasteiger partial charge is 0.370 e. The second-order valence-electron chi connectivity index (χ2n) is 6.43. The fourth-order valence-corrected chi connectivity index (χ4v) is 3.48. The summed E-state index contributed by atoms with van der Waals surface area (Å²) in [6.07, 6.45) is 3.23. The zero-order valence-electron chi connectivity index (χ0n) is 14.5. The number of amides is 2. The summed E-state index contributed by atoms with van der Waals surface area (Å²) in [4.78, 5) is 26.4. The number of carbonyl (C=O) groups excluding carboxylic acids is 2. The van der Waals surface area contributed by atoms with Crippen LogP contribution in [0.3, 0.4) is 0 Å². The van der Waals surface area contributed by atoms with Crippen LogP contribution in [0.5, 0.6) is 0 Å². The molecule has 26 heavy (non-hydrogen) atoms. The third-order valence-electron chi connectivity index (χ3n) is 4.59. The number of piperidine rings is 1. The van der Waals surface area contributed by atoms with Gasteiger partial charge in [-0.1, -0.05) is 41.9 Å². The Morgan fingerprint density at radius 1 is 1.04 bits per heavy atom. The van der Waals surface area contributed by atoms with E-state index in [1.807, 2.05) is 35.2 Å². The molecule has 1 fully saturated rings. The minimum absolute atomic E-state index is 0.0472. The van der Waals surface area contributed by atoms with Crippen LogP contribution in [0, 0.1) is 0 Å². The van der Waals surface area contributed by atoms with Crippen molar-refractivity contribution in [2.24, 2.45) is 5.73 Å². The van der Waals surface area contributed by atoms with Crippen molar-refractivity contribution in [3.63, 3.8) is 0 Å². The molecule has 0 radical (unpaired) electrons. The molecule has 1 unspecified atom stereocenters. The molecule has 3 rings (SSSR count). The fraction of sp³-hybridized carbons (Fsp3) is 0.300. The Bertz CT molecular complexity index is 789. The van der Waals surface area contributed by atoms with Gasteiger partial charge in [0.05, 0.1) is 10.6 Å². The number of benzene rings is 2. The summed E-state index contributed by atoms with van der Waals surface area (Å²) >= 11 is 6.15. The van der Waals surface area contributed by atoms with Crippen LogP contribution in [0.2, 0.25) is 5.02 Å². The van der Waals surface area contributed by atoms with Crippen LogP contribution in [-0.4, -0.2) is 29.8 Å². The molecule has 1 atom stereocenters. The van der Waals surface area contributed by atoms with Gasteiger partial charge < -0.3 is 16.0 Å². The van der Waals surface area contributed by atoms with E-state index < -0.39 is 11.9 Å². The Morgan fingerprint density at radius 3 is 2.35 bits per heavy atom. The molecule has 5 nitrogen and oxygen atoms in total. The average molecular weight is 372 g/mol. The molecule has 1 saturated heterocycles. The number of anilines is 1. The van der Waals surface area contributed by atoms with Crippen LogP contribution in [0.15, 0.2) is 48.5 Å². The number of halogens is 1. The van der Waals surface area contributed by atoms with Gasteiger partial charge in [0, 0.05) is 18.8 Å². The van der Waals surface area contributed by atoms with Gasteiger partial charge in [-0.25, -0.2) is 0 Å². The van der Waals surface area contributed by atoms with Crippen LogP contribution < -0.4 is 11.1 Å². The van der Waals surface area contributed by atoms with Gasteiger partial charge in [0.1, 0.15) is 6.04 Å².